The fourth-order valence-corrected chi connectivity index (χ4v) is 1.33. The van der Waals surface area contributed by atoms with Crippen LogP contribution in [0.3, 0.4) is 0 Å². The van der Waals surface area contributed by atoms with Gasteiger partial charge in [0.05, 0.1) is 5.60 Å². The molecule has 0 unspecified atom stereocenters. The molecule has 0 amide bonds. The van der Waals surface area contributed by atoms with Crippen molar-refractivity contribution in [2.45, 2.75) is 39.7 Å². The van der Waals surface area contributed by atoms with Crippen LogP contribution in [-0.4, -0.2) is 10.1 Å². The van der Waals surface area contributed by atoms with Crippen molar-refractivity contribution >= 4 is 0 Å². The molecule has 1 aromatic heterocycles. The van der Waals surface area contributed by atoms with Gasteiger partial charge in [0.1, 0.15) is 0 Å². The summed E-state index contributed by atoms with van der Waals surface area (Å²) in [4.78, 5) is 4.33. The summed E-state index contributed by atoms with van der Waals surface area (Å²) < 4.78 is 0. The van der Waals surface area contributed by atoms with Crippen molar-refractivity contribution < 1.29 is 5.11 Å². The summed E-state index contributed by atoms with van der Waals surface area (Å²) in [6, 6.07) is 3.94. The largest absolute Gasteiger partial charge is 0.386 e. The molecule has 1 aromatic rings. The van der Waals surface area contributed by atoms with Crippen LogP contribution in [0.25, 0.3) is 0 Å². The summed E-state index contributed by atoms with van der Waals surface area (Å²) in [6.45, 7) is 7.88. The van der Waals surface area contributed by atoms with Crippen molar-refractivity contribution in [3.63, 3.8) is 0 Å². The Balaban J connectivity index is 2.79. The van der Waals surface area contributed by atoms with Crippen molar-refractivity contribution in [1.82, 2.24) is 4.98 Å². The lowest BCUT2D eigenvalue weighted by molar-refractivity contribution is 0.0782. The molecule has 0 bridgehead atoms. The van der Waals surface area contributed by atoms with Gasteiger partial charge in [0.2, 0.25) is 0 Å². The van der Waals surface area contributed by atoms with E-state index in [4.69, 9.17) is 0 Å². The quantitative estimate of drug-likeness (QED) is 0.800. The minimum atomic E-state index is -0.788. The molecular formula is C12H19NO. The summed E-state index contributed by atoms with van der Waals surface area (Å²) in [5.74, 6) is 0.621. The highest BCUT2D eigenvalue weighted by molar-refractivity contribution is 5.19. The number of hydrogen-bond acceptors (Lipinski definition) is 2. The molecule has 0 radical (unpaired) electrons. The predicted octanol–water partition coefficient (Wildman–Crippen LogP) is 2.51. The van der Waals surface area contributed by atoms with Crippen molar-refractivity contribution in [2.24, 2.45) is 5.92 Å². The van der Waals surface area contributed by atoms with Crippen molar-refractivity contribution in [2.75, 3.05) is 0 Å². The Bertz CT molecular complexity index is 282. The monoisotopic (exact) mass is 193 g/mol. The van der Waals surface area contributed by atoms with Crippen molar-refractivity contribution in [1.29, 1.82) is 0 Å². The molecule has 0 aliphatic heterocycles. The Morgan fingerprint density at radius 2 is 2.00 bits per heavy atom. The number of hydrogen-bond donors (Lipinski definition) is 1. The number of aliphatic hydroxyl groups is 1. The minimum absolute atomic E-state index is 0.621. The first-order valence-corrected chi connectivity index (χ1v) is 5.07. The molecule has 14 heavy (non-hydrogen) atoms. The van der Waals surface area contributed by atoms with Crippen LogP contribution < -0.4 is 0 Å². The van der Waals surface area contributed by atoms with E-state index in [1.54, 1.807) is 20.0 Å². The van der Waals surface area contributed by atoms with E-state index in [9.17, 15) is 5.11 Å². The topological polar surface area (TPSA) is 33.1 Å². The second-order valence-electron chi connectivity index (χ2n) is 4.70. The molecule has 0 atom stereocenters. The second kappa shape index (κ2) is 4.09. The van der Waals surface area contributed by atoms with Crippen LogP contribution in [0.4, 0.5) is 0 Å². The average molecular weight is 193 g/mol. The van der Waals surface area contributed by atoms with Gasteiger partial charge in [-0.3, -0.25) is 4.98 Å². The summed E-state index contributed by atoms with van der Waals surface area (Å²) >= 11 is 0. The van der Waals surface area contributed by atoms with E-state index in [0.717, 1.165) is 17.7 Å². The van der Waals surface area contributed by atoms with E-state index >= 15 is 0 Å². The third-order valence-electron chi connectivity index (χ3n) is 2.15. The maximum atomic E-state index is 9.72. The van der Waals surface area contributed by atoms with Gasteiger partial charge in [-0.1, -0.05) is 19.9 Å². The Hall–Kier alpha value is -0.890. The van der Waals surface area contributed by atoms with E-state index in [1.165, 1.54) is 0 Å². The van der Waals surface area contributed by atoms with Gasteiger partial charge in [-0.05, 0) is 32.3 Å². The fourth-order valence-electron chi connectivity index (χ4n) is 1.33. The normalized spacial score (nSPS) is 12.1. The molecule has 1 N–H and O–H groups in total. The third kappa shape index (κ3) is 3.11. The zero-order valence-corrected chi connectivity index (χ0v) is 9.41. The van der Waals surface area contributed by atoms with Gasteiger partial charge in [-0.2, -0.15) is 0 Å². The summed E-state index contributed by atoms with van der Waals surface area (Å²) in [6.07, 6.45) is 2.75. The van der Waals surface area contributed by atoms with Crippen LogP contribution in [0.5, 0.6) is 0 Å². The van der Waals surface area contributed by atoms with E-state index in [1.807, 2.05) is 12.1 Å². The number of aromatic nitrogens is 1. The van der Waals surface area contributed by atoms with E-state index < -0.39 is 5.60 Å². The first-order valence-electron chi connectivity index (χ1n) is 5.07. The van der Waals surface area contributed by atoms with E-state index in [2.05, 4.69) is 18.8 Å². The van der Waals surface area contributed by atoms with Gasteiger partial charge in [-0.15, -0.1) is 0 Å². The van der Waals surface area contributed by atoms with Gasteiger partial charge in [-0.25, -0.2) is 0 Å². The van der Waals surface area contributed by atoms with Crippen LogP contribution in [0, 0.1) is 5.92 Å². The van der Waals surface area contributed by atoms with Crippen LogP contribution >= 0.6 is 0 Å². The van der Waals surface area contributed by atoms with E-state index in [0.29, 0.717) is 5.92 Å². The lowest BCUT2D eigenvalue weighted by Gasteiger charge is -2.17. The molecule has 1 rings (SSSR count). The first kappa shape index (κ1) is 11.2. The minimum Gasteiger partial charge on any atom is -0.386 e. The average Bonchev–Trinajstić information content (AvgIpc) is 2.02. The number of nitrogens with zero attached hydrogens (tertiary/aromatic N) is 1. The van der Waals surface area contributed by atoms with Crippen LogP contribution in [0.15, 0.2) is 18.3 Å². The highest BCUT2D eigenvalue weighted by atomic mass is 16.3. The van der Waals surface area contributed by atoms with Gasteiger partial charge in [0, 0.05) is 17.5 Å². The standard InChI is InChI=1S/C12H19NO/c1-9(2)7-11-6-5-10(8-13-11)12(3,4)14/h5-6,8-9,14H,7H2,1-4H3. The molecule has 0 aliphatic rings. The van der Waals surface area contributed by atoms with Gasteiger partial charge < -0.3 is 5.11 Å². The smallest absolute Gasteiger partial charge is 0.0855 e. The SMILES string of the molecule is CC(C)Cc1ccc(C(C)(C)O)cn1. The summed E-state index contributed by atoms with van der Waals surface area (Å²) in [5, 5.41) is 9.72. The highest BCUT2D eigenvalue weighted by Crippen LogP contribution is 2.18. The fraction of sp³-hybridized carbons (Fsp3) is 0.583. The maximum absolute atomic E-state index is 9.72. The molecule has 0 saturated carbocycles. The molecular weight excluding hydrogens is 174 g/mol. The Kier molecular flexibility index (Phi) is 3.27. The Morgan fingerprint density at radius 1 is 1.36 bits per heavy atom. The van der Waals surface area contributed by atoms with Gasteiger partial charge in [0.25, 0.3) is 0 Å². The molecule has 2 nitrogen and oxygen atoms in total. The van der Waals surface area contributed by atoms with Gasteiger partial charge in [0.15, 0.2) is 0 Å². The zero-order valence-electron chi connectivity index (χ0n) is 9.41. The molecule has 0 saturated heterocycles. The molecule has 0 fully saturated rings. The molecule has 0 spiro atoms. The lowest BCUT2D eigenvalue weighted by Crippen LogP contribution is -2.15. The Morgan fingerprint density at radius 3 is 2.36 bits per heavy atom. The maximum Gasteiger partial charge on any atom is 0.0855 e. The third-order valence-corrected chi connectivity index (χ3v) is 2.15. The molecule has 2 heteroatoms. The predicted molar refractivity (Wildman–Crippen MR) is 58.0 cm³/mol. The molecule has 78 valence electrons. The van der Waals surface area contributed by atoms with Crippen molar-refractivity contribution in [3.8, 4) is 0 Å². The number of pyridine rings is 1. The van der Waals surface area contributed by atoms with Crippen LogP contribution in [-0.2, 0) is 12.0 Å². The van der Waals surface area contributed by atoms with Gasteiger partial charge >= 0.3 is 0 Å². The lowest BCUT2D eigenvalue weighted by atomic mass is 9.99. The summed E-state index contributed by atoms with van der Waals surface area (Å²) in [7, 11) is 0. The summed E-state index contributed by atoms with van der Waals surface area (Å²) in [5.41, 5.74) is 1.17. The first-order chi connectivity index (χ1) is 6.39. The van der Waals surface area contributed by atoms with Crippen molar-refractivity contribution in [3.05, 3.63) is 29.6 Å². The molecule has 1 heterocycles. The Labute approximate surface area is 86.0 Å². The van der Waals surface area contributed by atoms with Crippen LogP contribution in [0.2, 0.25) is 0 Å². The second-order valence-corrected chi connectivity index (χ2v) is 4.70. The molecule has 0 aromatic carbocycles. The number of rotatable bonds is 3. The molecule has 0 aliphatic carbocycles. The van der Waals surface area contributed by atoms with Crippen LogP contribution in [0.1, 0.15) is 39.0 Å². The highest BCUT2D eigenvalue weighted by Gasteiger charge is 2.15. The van der Waals surface area contributed by atoms with E-state index in [-0.39, 0.29) is 0 Å². The zero-order chi connectivity index (χ0) is 10.8.